The van der Waals surface area contributed by atoms with E-state index in [1.807, 2.05) is 17.7 Å². The Morgan fingerprint density at radius 3 is 2.71 bits per heavy atom. The summed E-state index contributed by atoms with van der Waals surface area (Å²) in [6.07, 6.45) is 1.82. The predicted octanol–water partition coefficient (Wildman–Crippen LogP) is 2.22. The normalized spacial score (nSPS) is 10.1. The van der Waals surface area contributed by atoms with Gasteiger partial charge in [-0.15, -0.1) is 0 Å². The smallest absolute Gasteiger partial charge is 0.341 e. The third-order valence-electron chi connectivity index (χ3n) is 2.89. The summed E-state index contributed by atoms with van der Waals surface area (Å²) < 4.78 is 6.97. The Kier molecular flexibility index (Phi) is 4.61. The summed E-state index contributed by atoms with van der Waals surface area (Å²) in [6, 6.07) is 10.2. The van der Waals surface area contributed by atoms with Gasteiger partial charge in [-0.3, -0.25) is 4.79 Å². The number of rotatable bonds is 6. The van der Waals surface area contributed by atoms with Gasteiger partial charge in [0.1, 0.15) is 11.4 Å². The fourth-order valence-corrected chi connectivity index (χ4v) is 1.92. The average Bonchev–Trinajstić information content (AvgIpc) is 2.94. The molecule has 1 amide bonds. The molecule has 0 radical (unpaired) electrons. The number of hydrogen-bond donors (Lipinski definition) is 2. The molecule has 0 spiro atoms. The quantitative estimate of drug-likeness (QED) is 0.854. The number of carbonyl (C=O) groups is 2. The van der Waals surface area contributed by atoms with E-state index in [-0.39, 0.29) is 5.91 Å². The number of amides is 1. The van der Waals surface area contributed by atoms with Crippen molar-refractivity contribution in [1.29, 1.82) is 0 Å². The zero-order chi connectivity index (χ0) is 15.2. The van der Waals surface area contributed by atoms with Gasteiger partial charge < -0.3 is 19.7 Å². The molecule has 2 N–H and O–H groups in total. The molecule has 0 saturated heterocycles. The lowest BCUT2D eigenvalue weighted by Gasteiger charge is -2.12. The number of aliphatic carboxylic acids is 1. The molecule has 0 bridgehead atoms. The molecule has 110 valence electrons. The first-order valence-electron chi connectivity index (χ1n) is 6.52. The van der Waals surface area contributed by atoms with Crippen molar-refractivity contribution in [2.45, 2.75) is 13.5 Å². The summed E-state index contributed by atoms with van der Waals surface area (Å²) in [5.74, 6) is -1.02. The van der Waals surface area contributed by atoms with Gasteiger partial charge in [-0.05, 0) is 31.2 Å². The van der Waals surface area contributed by atoms with Crippen molar-refractivity contribution in [3.63, 3.8) is 0 Å². The maximum absolute atomic E-state index is 12.2. The number of aromatic nitrogens is 1. The highest BCUT2D eigenvalue weighted by Crippen LogP contribution is 2.24. The van der Waals surface area contributed by atoms with Crippen molar-refractivity contribution in [3.05, 3.63) is 48.3 Å². The summed E-state index contributed by atoms with van der Waals surface area (Å²) >= 11 is 0. The summed E-state index contributed by atoms with van der Waals surface area (Å²) in [5, 5.41) is 11.4. The van der Waals surface area contributed by atoms with Gasteiger partial charge in [0.25, 0.3) is 5.91 Å². The molecular formula is C15H16N2O4. The van der Waals surface area contributed by atoms with Crippen molar-refractivity contribution in [3.8, 4) is 5.75 Å². The molecule has 0 aliphatic heterocycles. The zero-order valence-electron chi connectivity index (χ0n) is 11.6. The van der Waals surface area contributed by atoms with Crippen LogP contribution >= 0.6 is 0 Å². The first-order valence-corrected chi connectivity index (χ1v) is 6.52. The van der Waals surface area contributed by atoms with E-state index in [0.29, 0.717) is 23.7 Å². The molecule has 2 rings (SSSR count). The minimum Gasteiger partial charge on any atom is -0.480 e. The topological polar surface area (TPSA) is 80.6 Å². The molecule has 0 unspecified atom stereocenters. The van der Waals surface area contributed by atoms with Gasteiger partial charge in [0.2, 0.25) is 0 Å². The monoisotopic (exact) mass is 288 g/mol. The number of carbonyl (C=O) groups excluding carboxylic acids is 1. The predicted molar refractivity (Wildman–Crippen MR) is 77.6 cm³/mol. The second kappa shape index (κ2) is 6.60. The van der Waals surface area contributed by atoms with Gasteiger partial charge in [0, 0.05) is 12.7 Å². The second-order valence-electron chi connectivity index (χ2n) is 4.31. The van der Waals surface area contributed by atoms with Crippen LogP contribution in [-0.4, -0.2) is 28.2 Å². The van der Waals surface area contributed by atoms with E-state index < -0.39 is 12.6 Å². The van der Waals surface area contributed by atoms with Crippen LogP contribution < -0.4 is 10.1 Å². The lowest BCUT2D eigenvalue weighted by molar-refractivity contribution is -0.139. The van der Waals surface area contributed by atoms with E-state index in [4.69, 9.17) is 9.84 Å². The molecule has 21 heavy (non-hydrogen) atoms. The Balaban J connectivity index is 2.15. The van der Waals surface area contributed by atoms with E-state index in [1.54, 1.807) is 36.4 Å². The SMILES string of the molecule is CCn1cccc1C(=O)Nc1ccccc1OCC(=O)O. The van der Waals surface area contributed by atoms with Crippen molar-refractivity contribution >= 4 is 17.6 Å². The molecule has 0 saturated carbocycles. The fraction of sp³-hybridized carbons (Fsp3) is 0.200. The maximum Gasteiger partial charge on any atom is 0.341 e. The molecule has 6 heteroatoms. The number of ether oxygens (including phenoxy) is 1. The van der Waals surface area contributed by atoms with Gasteiger partial charge >= 0.3 is 5.97 Å². The molecule has 0 aliphatic carbocycles. The molecule has 1 aromatic heterocycles. The van der Waals surface area contributed by atoms with Crippen molar-refractivity contribution in [2.24, 2.45) is 0 Å². The van der Waals surface area contributed by atoms with Crippen LogP contribution in [0.3, 0.4) is 0 Å². The lowest BCUT2D eigenvalue weighted by atomic mass is 10.2. The lowest BCUT2D eigenvalue weighted by Crippen LogP contribution is -2.17. The first-order chi connectivity index (χ1) is 10.1. The Morgan fingerprint density at radius 1 is 1.24 bits per heavy atom. The number of anilines is 1. The molecule has 0 atom stereocenters. The van der Waals surface area contributed by atoms with Crippen molar-refractivity contribution < 1.29 is 19.4 Å². The van der Waals surface area contributed by atoms with Crippen LogP contribution in [0.1, 0.15) is 17.4 Å². The Bertz CT molecular complexity index is 649. The molecule has 2 aromatic rings. The van der Waals surface area contributed by atoms with Crippen LogP contribution in [0.5, 0.6) is 5.75 Å². The standard InChI is InChI=1S/C15H16N2O4/c1-2-17-9-5-7-12(17)15(20)16-11-6-3-4-8-13(11)21-10-14(18)19/h3-9H,2,10H2,1H3,(H,16,20)(H,18,19). The van der Waals surface area contributed by atoms with Gasteiger partial charge in [0.05, 0.1) is 5.69 Å². The number of carboxylic acids is 1. The minimum absolute atomic E-state index is 0.270. The summed E-state index contributed by atoms with van der Waals surface area (Å²) in [7, 11) is 0. The summed E-state index contributed by atoms with van der Waals surface area (Å²) in [5.41, 5.74) is 0.971. The Morgan fingerprint density at radius 2 is 2.00 bits per heavy atom. The highest BCUT2D eigenvalue weighted by molar-refractivity contribution is 6.04. The largest absolute Gasteiger partial charge is 0.480 e. The molecule has 0 fully saturated rings. The summed E-state index contributed by atoms with van der Waals surface area (Å²) in [6.45, 7) is 2.17. The van der Waals surface area contributed by atoms with E-state index in [0.717, 1.165) is 0 Å². The molecule has 1 aromatic carbocycles. The molecular weight excluding hydrogens is 272 g/mol. The third kappa shape index (κ3) is 3.62. The van der Waals surface area contributed by atoms with Gasteiger partial charge in [0.15, 0.2) is 6.61 Å². The van der Waals surface area contributed by atoms with E-state index in [9.17, 15) is 9.59 Å². The highest BCUT2D eigenvalue weighted by Gasteiger charge is 2.13. The number of carboxylic acid groups (broad SMARTS) is 1. The van der Waals surface area contributed by atoms with Gasteiger partial charge in [-0.1, -0.05) is 12.1 Å². The van der Waals surface area contributed by atoms with Crippen LogP contribution in [0.25, 0.3) is 0 Å². The van der Waals surface area contributed by atoms with Crippen LogP contribution in [-0.2, 0) is 11.3 Å². The van der Waals surface area contributed by atoms with Crippen molar-refractivity contribution in [2.75, 3.05) is 11.9 Å². The number of benzene rings is 1. The summed E-state index contributed by atoms with van der Waals surface area (Å²) in [4.78, 5) is 22.8. The van der Waals surface area contributed by atoms with Crippen LogP contribution in [0.2, 0.25) is 0 Å². The fourth-order valence-electron chi connectivity index (χ4n) is 1.92. The number of aryl methyl sites for hydroxylation is 1. The molecule has 0 aliphatic rings. The maximum atomic E-state index is 12.2. The number of nitrogens with zero attached hydrogens (tertiary/aromatic N) is 1. The molecule has 6 nitrogen and oxygen atoms in total. The van der Waals surface area contributed by atoms with E-state index in [2.05, 4.69) is 5.32 Å². The first kappa shape index (κ1) is 14.6. The third-order valence-corrected chi connectivity index (χ3v) is 2.89. The minimum atomic E-state index is -1.07. The number of para-hydroxylation sites is 2. The van der Waals surface area contributed by atoms with E-state index >= 15 is 0 Å². The zero-order valence-corrected chi connectivity index (χ0v) is 11.6. The van der Waals surface area contributed by atoms with E-state index in [1.165, 1.54) is 0 Å². The van der Waals surface area contributed by atoms with Crippen LogP contribution in [0.15, 0.2) is 42.6 Å². The van der Waals surface area contributed by atoms with Crippen LogP contribution in [0.4, 0.5) is 5.69 Å². The Labute approximate surface area is 122 Å². The van der Waals surface area contributed by atoms with Gasteiger partial charge in [-0.25, -0.2) is 4.79 Å². The number of hydrogen-bond acceptors (Lipinski definition) is 3. The number of nitrogens with one attached hydrogen (secondary N) is 1. The molecule has 1 heterocycles. The Hall–Kier alpha value is -2.76. The highest BCUT2D eigenvalue weighted by atomic mass is 16.5. The van der Waals surface area contributed by atoms with Crippen LogP contribution in [0, 0.1) is 0 Å². The van der Waals surface area contributed by atoms with Gasteiger partial charge in [-0.2, -0.15) is 0 Å². The second-order valence-corrected chi connectivity index (χ2v) is 4.31. The van der Waals surface area contributed by atoms with Crippen molar-refractivity contribution in [1.82, 2.24) is 4.57 Å². The average molecular weight is 288 g/mol.